The lowest BCUT2D eigenvalue weighted by Crippen LogP contribution is -2.33. The van der Waals surface area contributed by atoms with Crippen LogP contribution >= 0.6 is 0 Å². The van der Waals surface area contributed by atoms with E-state index in [-0.39, 0.29) is 43.2 Å². The molecule has 10 nitrogen and oxygen atoms in total. The van der Waals surface area contributed by atoms with Gasteiger partial charge in [-0.1, -0.05) is 12.1 Å². The first-order valence-electron chi connectivity index (χ1n) is 9.28. The molecule has 0 aliphatic carbocycles. The van der Waals surface area contributed by atoms with E-state index in [1.54, 1.807) is 19.9 Å². The van der Waals surface area contributed by atoms with Crippen LogP contribution in [0.4, 0.5) is 5.69 Å². The lowest BCUT2D eigenvalue weighted by Gasteiger charge is -2.30. The van der Waals surface area contributed by atoms with Gasteiger partial charge < -0.3 is 25.3 Å². The smallest absolute Gasteiger partial charge is 0.336 e. The summed E-state index contributed by atoms with van der Waals surface area (Å²) in [5.74, 6) is -2.24. The van der Waals surface area contributed by atoms with E-state index in [9.17, 15) is 19.7 Å². The number of hydrogen-bond donors (Lipinski definition) is 2. The SMILES string of the molecule is COCCOC(=O)C1=C(C)NC(C)=C(C(=O)OCCN)C1c1cccc([N+](=O)[O-])c1. The summed E-state index contributed by atoms with van der Waals surface area (Å²) in [6.07, 6.45) is 0. The Kier molecular flexibility index (Phi) is 8.07. The molecule has 1 aliphatic rings. The molecule has 0 amide bonds. The molecule has 2 rings (SSSR count). The second kappa shape index (κ2) is 10.5. The zero-order valence-corrected chi connectivity index (χ0v) is 17.1. The monoisotopic (exact) mass is 419 g/mol. The third-order valence-electron chi connectivity index (χ3n) is 4.49. The molecule has 0 saturated carbocycles. The number of esters is 2. The number of benzene rings is 1. The number of nitrogens with zero attached hydrogens (tertiary/aromatic N) is 1. The molecule has 162 valence electrons. The Morgan fingerprint density at radius 2 is 1.70 bits per heavy atom. The molecule has 0 bridgehead atoms. The van der Waals surface area contributed by atoms with Gasteiger partial charge in [0.2, 0.25) is 0 Å². The summed E-state index contributed by atoms with van der Waals surface area (Å²) in [5, 5.41) is 14.3. The highest BCUT2D eigenvalue weighted by atomic mass is 16.6. The average Bonchev–Trinajstić information content (AvgIpc) is 2.71. The van der Waals surface area contributed by atoms with Gasteiger partial charge in [0.05, 0.1) is 28.6 Å². The van der Waals surface area contributed by atoms with Crippen LogP contribution < -0.4 is 11.1 Å². The van der Waals surface area contributed by atoms with E-state index < -0.39 is 22.8 Å². The normalized spacial score (nSPS) is 16.2. The molecule has 0 spiro atoms. The summed E-state index contributed by atoms with van der Waals surface area (Å²) < 4.78 is 15.4. The number of nitrogens with one attached hydrogen (secondary N) is 1. The summed E-state index contributed by atoms with van der Waals surface area (Å²) >= 11 is 0. The van der Waals surface area contributed by atoms with Crippen LogP contribution in [0, 0.1) is 10.1 Å². The first-order valence-corrected chi connectivity index (χ1v) is 9.28. The van der Waals surface area contributed by atoms with Crippen LogP contribution in [0.1, 0.15) is 25.3 Å². The third kappa shape index (κ3) is 5.22. The van der Waals surface area contributed by atoms with Crippen LogP contribution in [-0.4, -0.2) is 50.3 Å². The van der Waals surface area contributed by atoms with Crippen molar-refractivity contribution in [1.82, 2.24) is 5.32 Å². The standard InChI is InChI=1S/C20H25N3O7/c1-12-16(19(24)29-8-7-21)18(14-5-4-6-15(11-14)23(26)27)17(13(2)22-12)20(25)30-10-9-28-3/h4-6,11,18,22H,7-10,21H2,1-3H3. The number of rotatable bonds is 9. The van der Waals surface area contributed by atoms with Crippen LogP contribution in [0.2, 0.25) is 0 Å². The van der Waals surface area contributed by atoms with Gasteiger partial charge in [0.15, 0.2) is 0 Å². The molecule has 0 saturated heterocycles. The van der Waals surface area contributed by atoms with Gasteiger partial charge in [-0.25, -0.2) is 9.59 Å². The fourth-order valence-corrected chi connectivity index (χ4v) is 3.21. The number of allylic oxidation sites excluding steroid dienone is 2. The third-order valence-corrected chi connectivity index (χ3v) is 4.49. The fourth-order valence-electron chi connectivity index (χ4n) is 3.21. The molecule has 0 fully saturated rings. The van der Waals surface area contributed by atoms with Gasteiger partial charge in [-0.15, -0.1) is 0 Å². The Hall–Kier alpha value is -3.24. The predicted octanol–water partition coefficient (Wildman–Crippen LogP) is 1.52. The Morgan fingerprint density at radius 1 is 1.10 bits per heavy atom. The highest BCUT2D eigenvalue weighted by molar-refractivity contribution is 6.00. The van der Waals surface area contributed by atoms with Gasteiger partial charge in [-0.2, -0.15) is 0 Å². The Balaban J connectivity index is 2.57. The number of hydrogen-bond acceptors (Lipinski definition) is 9. The number of ether oxygens (including phenoxy) is 3. The summed E-state index contributed by atoms with van der Waals surface area (Å²) in [6.45, 7) is 3.68. The second-order valence-corrected chi connectivity index (χ2v) is 6.54. The number of nitro benzene ring substituents is 1. The maximum absolute atomic E-state index is 12.9. The molecule has 1 aliphatic heterocycles. The molecule has 1 atom stereocenters. The van der Waals surface area contributed by atoms with E-state index in [0.29, 0.717) is 17.0 Å². The van der Waals surface area contributed by atoms with Gasteiger partial charge in [-0.3, -0.25) is 10.1 Å². The molecular formula is C20H25N3O7. The summed E-state index contributed by atoms with van der Waals surface area (Å²) in [4.78, 5) is 36.4. The first-order chi connectivity index (χ1) is 14.3. The molecule has 10 heteroatoms. The zero-order valence-electron chi connectivity index (χ0n) is 17.1. The molecule has 0 radical (unpaired) electrons. The van der Waals surface area contributed by atoms with Crippen LogP contribution in [0.3, 0.4) is 0 Å². The van der Waals surface area contributed by atoms with Crippen molar-refractivity contribution in [3.63, 3.8) is 0 Å². The van der Waals surface area contributed by atoms with Gasteiger partial charge >= 0.3 is 11.9 Å². The lowest BCUT2D eigenvalue weighted by atomic mass is 9.80. The number of dihydropyridines is 1. The minimum absolute atomic E-state index is 0.00636. The average molecular weight is 419 g/mol. The highest BCUT2D eigenvalue weighted by Crippen LogP contribution is 2.40. The van der Waals surface area contributed by atoms with Crippen LogP contribution in [-0.2, 0) is 23.8 Å². The number of nitro groups is 1. The van der Waals surface area contributed by atoms with Crippen molar-refractivity contribution < 1.29 is 28.7 Å². The minimum Gasteiger partial charge on any atom is -0.461 e. The molecule has 1 heterocycles. The Bertz CT molecular complexity index is 892. The van der Waals surface area contributed by atoms with Gasteiger partial charge in [0.1, 0.15) is 13.2 Å². The van der Waals surface area contributed by atoms with Crippen molar-refractivity contribution in [3.8, 4) is 0 Å². The van der Waals surface area contributed by atoms with E-state index in [2.05, 4.69) is 5.32 Å². The van der Waals surface area contributed by atoms with Crippen molar-refractivity contribution in [2.75, 3.05) is 33.5 Å². The number of carbonyl (C=O) groups excluding carboxylic acids is 2. The van der Waals surface area contributed by atoms with Gasteiger partial charge in [0.25, 0.3) is 5.69 Å². The summed E-state index contributed by atoms with van der Waals surface area (Å²) in [6, 6.07) is 5.77. The predicted molar refractivity (Wildman–Crippen MR) is 107 cm³/mol. The van der Waals surface area contributed by atoms with E-state index in [4.69, 9.17) is 19.9 Å². The van der Waals surface area contributed by atoms with Crippen LogP contribution in [0.5, 0.6) is 0 Å². The van der Waals surface area contributed by atoms with Crippen LogP contribution in [0.25, 0.3) is 0 Å². The fraction of sp³-hybridized carbons (Fsp3) is 0.400. The number of nitrogens with two attached hydrogens (primary N) is 1. The lowest BCUT2D eigenvalue weighted by molar-refractivity contribution is -0.384. The number of methoxy groups -OCH3 is 1. The first kappa shape index (κ1) is 23.0. The summed E-state index contributed by atoms with van der Waals surface area (Å²) in [5.41, 5.74) is 6.92. The van der Waals surface area contributed by atoms with Crippen LogP contribution in [0.15, 0.2) is 46.8 Å². The molecule has 30 heavy (non-hydrogen) atoms. The quantitative estimate of drug-likeness (QED) is 0.263. The van der Waals surface area contributed by atoms with E-state index in [1.165, 1.54) is 25.3 Å². The maximum Gasteiger partial charge on any atom is 0.336 e. The van der Waals surface area contributed by atoms with Crippen molar-refractivity contribution in [2.45, 2.75) is 19.8 Å². The largest absolute Gasteiger partial charge is 0.461 e. The highest BCUT2D eigenvalue weighted by Gasteiger charge is 2.38. The van der Waals surface area contributed by atoms with Gasteiger partial charge in [0, 0.05) is 37.2 Å². The molecular weight excluding hydrogens is 394 g/mol. The van der Waals surface area contributed by atoms with Crippen molar-refractivity contribution in [2.24, 2.45) is 5.73 Å². The van der Waals surface area contributed by atoms with Crippen molar-refractivity contribution in [1.29, 1.82) is 0 Å². The molecule has 1 unspecified atom stereocenters. The maximum atomic E-state index is 12.9. The zero-order chi connectivity index (χ0) is 22.3. The van der Waals surface area contributed by atoms with Crippen molar-refractivity contribution >= 4 is 17.6 Å². The van der Waals surface area contributed by atoms with Gasteiger partial charge in [-0.05, 0) is 19.4 Å². The number of carbonyl (C=O) groups is 2. The van der Waals surface area contributed by atoms with E-state index >= 15 is 0 Å². The van der Waals surface area contributed by atoms with E-state index in [0.717, 1.165) is 0 Å². The molecule has 3 N–H and O–H groups in total. The number of non-ortho nitro benzene ring substituents is 1. The summed E-state index contributed by atoms with van der Waals surface area (Å²) in [7, 11) is 1.48. The Morgan fingerprint density at radius 3 is 2.23 bits per heavy atom. The molecule has 1 aromatic carbocycles. The minimum atomic E-state index is -0.911. The van der Waals surface area contributed by atoms with Crippen molar-refractivity contribution in [3.05, 3.63) is 62.5 Å². The van der Waals surface area contributed by atoms with E-state index in [1.807, 2.05) is 0 Å². The molecule has 0 aromatic heterocycles. The second-order valence-electron chi connectivity index (χ2n) is 6.54. The Labute approximate surface area is 173 Å². The molecule has 1 aromatic rings. The topological polar surface area (TPSA) is 143 Å².